The molecule has 0 atom stereocenters. The van der Waals surface area contributed by atoms with Crippen LogP contribution in [0.5, 0.6) is 11.8 Å². The third kappa shape index (κ3) is 3.85. The van der Waals surface area contributed by atoms with E-state index in [1.807, 2.05) is 4.72 Å². The van der Waals surface area contributed by atoms with Crippen LogP contribution < -0.4 is 19.5 Å². The first-order valence-corrected chi connectivity index (χ1v) is 9.49. The van der Waals surface area contributed by atoms with E-state index < -0.39 is 16.1 Å². The summed E-state index contributed by atoms with van der Waals surface area (Å²) in [6.45, 7) is 1.56. The predicted molar refractivity (Wildman–Crippen MR) is 94.4 cm³/mol. The van der Waals surface area contributed by atoms with Crippen molar-refractivity contribution in [1.82, 2.24) is 29.3 Å². The van der Waals surface area contributed by atoms with Gasteiger partial charge in [0, 0.05) is 0 Å². The van der Waals surface area contributed by atoms with Crippen LogP contribution in [-0.4, -0.2) is 53.2 Å². The third-order valence-electron chi connectivity index (χ3n) is 3.19. The summed E-state index contributed by atoms with van der Waals surface area (Å²) < 4.78 is 41.5. The van der Waals surface area contributed by atoms with E-state index in [9.17, 15) is 13.2 Å². The van der Waals surface area contributed by atoms with Crippen molar-refractivity contribution in [2.75, 3.05) is 19.5 Å². The van der Waals surface area contributed by atoms with E-state index in [0.717, 1.165) is 11.5 Å². The smallest absolute Gasteiger partial charge is 0.335 e. The molecule has 2 aromatic heterocycles. The summed E-state index contributed by atoms with van der Waals surface area (Å²) in [6, 6.07) is 1.97. The molecule has 2 amide bonds. The van der Waals surface area contributed by atoms with Gasteiger partial charge in [0.05, 0.1) is 18.9 Å². The number of hydrogen-bond donors (Lipinski definition) is 2. The van der Waals surface area contributed by atoms with Crippen molar-refractivity contribution >= 4 is 43.8 Å². The number of aryl methyl sites for hydroxylation is 1. The molecule has 0 bridgehead atoms. The van der Waals surface area contributed by atoms with Gasteiger partial charge in [0.2, 0.25) is 5.95 Å². The zero-order chi connectivity index (χ0) is 19.6. The second-order valence-corrected chi connectivity index (χ2v) is 7.37. The molecule has 14 heteroatoms. The number of amides is 2. The van der Waals surface area contributed by atoms with Gasteiger partial charge in [0.1, 0.15) is 17.1 Å². The topological polar surface area (TPSA) is 158 Å². The number of carbonyl (C=O) groups is 1. The first kappa shape index (κ1) is 18.7. The highest BCUT2D eigenvalue weighted by Gasteiger charge is 2.27. The van der Waals surface area contributed by atoms with Gasteiger partial charge in [0.25, 0.3) is 10.0 Å². The molecule has 2 N–H and O–H groups in total. The molecular formula is C13H13N7O5S2. The van der Waals surface area contributed by atoms with Gasteiger partial charge in [-0.2, -0.15) is 15.0 Å². The molecule has 0 fully saturated rings. The number of ether oxygens (including phenoxy) is 2. The maximum absolute atomic E-state index is 12.7. The Morgan fingerprint density at radius 1 is 1.15 bits per heavy atom. The molecule has 1 aromatic carbocycles. The fourth-order valence-corrected chi connectivity index (χ4v) is 3.99. The molecule has 0 saturated carbocycles. The fraction of sp³-hybridized carbons (Fsp3) is 0.231. The van der Waals surface area contributed by atoms with Gasteiger partial charge in [-0.25, -0.2) is 17.9 Å². The number of fused-ring (bicyclic) bond motifs is 1. The van der Waals surface area contributed by atoms with Crippen LogP contribution in [0.2, 0.25) is 0 Å². The van der Waals surface area contributed by atoms with Crippen LogP contribution in [0.1, 0.15) is 5.82 Å². The van der Waals surface area contributed by atoms with Gasteiger partial charge in [-0.15, -0.1) is 5.10 Å². The van der Waals surface area contributed by atoms with Crippen LogP contribution in [0.3, 0.4) is 0 Å². The Bertz CT molecular complexity index is 1120. The molecule has 0 aliphatic carbocycles. The Morgan fingerprint density at radius 2 is 1.93 bits per heavy atom. The summed E-state index contributed by atoms with van der Waals surface area (Å²) in [5, 5.41) is 6.02. The average molecular weight is 411 g/mol. The van der Waals surface area contributed by atoms with E-state index >= 15 is 0 Å². The lowest BCUT2D eigenvalue weighted by molar-refractivity contribution is 0.256. The maximum Gasteiger partial charge on any atom is 0.335 e. The molecule has 0 spiro atoms. The molecule has 0 radical (unpaired) electrons. The van der Waals surface area contributed by atoms with Crippen molar-refractivity contribution in [3.63, 3.8) is 0 Å². The summed E-state index contributed by atoms with van der Waals surface area (Å²) in [5.74, 6) is 0.126. The molecular weight excluding hydrogens is 398 g/mol. The minimum absolute atomic E-state index is 0.0215. The Balaban J connectivity index is 1.90. The van der Waals surface area contributed by atoms with Crippen LogP contribution in [0.15, 0.2) is 17.0 Å². The lowest BCUT2D eigenvalue weighted by atomic mass is 10.3. The van der Waals surface area contributed by atoms with Crippen molar-refractivity contribution in [2.45, 2.75) is 11.8 Å². The zero-order valence-electron chi connectivity index (χ0n) is 14.2. The van der Waals surface area contributed by atoms with Gasteiger partial charge in [0.15, 0.2) is 4.90 Å². The average Bonchev–Trinajstić information content (AvgIpc) is 3.07. The monoisotopic (exact) mass is 411 g/mol. The number of nitrogens with one attached hydrogen (secondary N) is 2. The first-order valence-electron chi connectivity index (χ1n) is 7.23. The molecule has 3 aromatic rings. The van der Waals surface area contributed by atoms with Crippen LogP contribution in [-0.2, 0) is 10.0 Å². The first-order chi connectivity index (χ1) is 12.8. The number of aromatic nitrogens is 5. The van der Waals surface area contributed by atoms with Crippen LogP contribution in [0, 0.1) is 6.92 Å². The maximum atomic E-state index is 12.7. The van der Waals surface area contributed by atoms with Crippen molar-refractivity contribution in [3.05, 3.63) is 18.0 Å². The zero-order valence-corrected chi connectivity index (χ0v) is 15.9. The molecule has 0 unspecified atom stereocenters. The molecule has 27 heavy (non-hydrogen) atoms. The van der Waals surface area contributed by atoms with Crippen LogP contribution >= 0.6 is 11.5 Å². The highest BCUT2D eigenvalue weighted by molar-refractivity contribution is 7.90. The molecule has 0 aliphatic heterocycles. The van der Waals surface area contributed by atoms with Crippen molar-refractivity contribution in [1.29, 1.82) is 0 Å². The summed E-state index contributed by atoms with van der Waals surface area (Å²) in [5.41, 5.74) is 0.0947. The number of carbonyl (C=O) groups excluding carboxylic acids is 1. The molecule has 2 heterocycles. The van der Waals surface area contributed by atoms with Gasteiger partial charge in [-0.3, -0.25) is 5.32 Å². The highest BCUT2D eigenvalue weighted by atomic mass is 32.2. The predicted octanol–water partition coefficient (Wildman–Crippen LogP) is 0.712. The third-order valence-corrected chi connectivity index (χ3v) is 5.26. The largest absolute Gasteiger partial charge is 0.495 e. The molecule has 12 nitrogen and oxygen atoms in total. The van der Waals surface area contributed by atoms with Crippen LogP contribution in [0.4, 0.5) is 10.7 Å². The van der Waals surface area contributed by atoms with E-state index in [2.05, 4.69) is 29.9 Å². The second kappa shape index (κ2) is 7.24. The van der Waals surface area contributed by atoms with Crippen LogP contribution in [0.25, 0.3) is 10.2 Å². The Kier molecular flexibility index (Phi) is 5.00. The number of nitrogens with zero attached hydrogens (tertiary/aromatic N) is 5. The summed E-state index contributed by atoms with van der Waals surface area (Å²) >= 11 is 1.01. The van der Waals surface area contributed by atoms with E-state index in [0.29, 0.717) is 4.70 Å². The van der Waals surface area contributed by atoms with Gasteiger partial charge >= 0.3 is 12.0 Å². The Hall–Kier alpha value is -3.13. The molecule has 3 rings (SSSR count). The number of urea groups is 1. The van der Waals surface area contributed by atoms with E-state index in [-0.39, 0.29) is 33.9 Å². The van der Waals surface area contributed by atoms with Gasteiger partial charge in [-0.05, 0) is 30.6 Å². The number of anilines is 1. The van der Waals surface area contributed by atoms with E-state index in [1.54, 1.807) is 13.0 Å². The number of rotatable bonds is 5. The second-order valence-electron chi connectivity index (χ2n) is 4.97. The lowest BCUT2D eigenvalue weighted by Crippen LogP contribution is -2.35. The SMILES string of the molecule is COc1nc(C)nc(NC(=O)NS(=O)(=O)c2c(OC)ccc3snnc23)n1. The normalized spacial score (nSPS) is 11.2. The number of hydrogen-bond acceptors (Lipinski definition) is 11. The summed E-state index contributed by atoms with van der Waals surface area (Å²) in [6.07, 6.45) is 0. The standard InChI is InChI=1S/C13H13N7O5S2/c1-6-14-11(17-13(15-6)25-3)16-12(21)19-27(22,23)10-7(24-2)4-5-8-9(10)18-20-26-8/h4-5H,1-3H3,(H2,14,15,16,17,19,21). The summed E-state index contributed by atoms with van der Waals surface area (Å²) in [7, 11) is -1.68. The molecule has 0 saturated heterocycles. The Morgan fingerprint density at radius 3 is 2.63 bits per heavy atom. The molecule has 0 aliphatic rings. The van der Waals surface area contributed by atoms with E-state index in [1.165, 1.54) is 20.3 Å². The summed E-state index contributed by atoms with van der Waals surface area (Å²) in [4.78, 5) is 23.4. The quantitative estimate of drug-likeness (QED) is 0.612. The highest BCUT2D eigenvalue weighted by Crippen LogP contribution is 2.32. The minimum Gasteiger partial charge on any atom is -0.495 e. The van der Waals surface area contributed by atoms with Gasteiger partial charge in [-0.1, -0.05) is 4.49 Å². The van der Waals surface area contributed by atoms with Crippen molar-refractivity contribution < 1.29 is 22.7 Å². The number of sulfonamides is 1. The number of methoxy groups -OCH3 is 2. The van der Waals surface area contributed by atoms with E-state index in [4.69, 9.17) is 9.47 Å². The van der Waals surface area contributed by atoms with Crippen molar-refractivity contribution in [3.8, 4) is 11.8 Å². The minimum atomic E-state index is -4.33. The van der Waals surface area contributed by atoms with Crippen molar-refractivity contribution in [2.24, 2.45) is 0 Å². The number of benzene rings is 1. The van der Waals surface area contributed by atoms with Gasteiger partial charge < -0.3 is 9.47 Å². The lowest BCUT2D eigenvalue weighted by Gasteiger charge is -2.11. The fourth-order valence-electron chi connectivity index (χ4n) is 2.13. The Labute approximate surface area is 157 Å². The molecule has 142 valence electrons.